The Hall–Kier alpha value is -2.28. The maximum Gasteiger partial charge on any atom is 0.305 e. The van der Waals surface area contributed by atoms with Gasteiger partial charge in [0.2, 0.25) is 0 Å². The topological polar surface area (TPSA) is 73.2 Å². The Kier molecular flexibility index (Phi) is 6.87. The SMILES string of the molecule is CCOC(=O)CCCNC(=O)c1cnc(SC)n1-c1ccccc1. The molecule has 6 nitrogen and oxygen atoms in total. The van der Waals surface area contributed by atoms with E-state index in [1.807, 2.05) is 41.2 Å². The summed E-state index contributed by atoms with van der Waals surface area (Å²) in [6.45, 7) is 2.55. The Labute approximate surface area is 145 Å². The van der Waals surface area contributed by atoms with E-state index in [0.29, 0.717) is 31.7 Å². The molecular weight excluding hydrogens is 326 g/mol. The van der Waals surface area contributed by atoms with E-state index in [0.717, 1.165) is 10.8 Å². The van der Waals surface area contributed by atoms with Crippen LogP contribution in [0.1, 0.15) is 30.3 Å². The van der Waals surface area contributed by atoms with Crippen molar-refractivity contribution in [1.29, 1.82) is 0 Å². The summed E-state index contributed by atoms with van der Waals surface area (Å²) < 4.78 is 6.68. The molecule has 1 aromatic heterocycles. The van der Waals surface area contributed by atoms with Crippen LogP contribution >= 0.6 is 11.8 Å². The molecule has 0 aliphatic carbocycles. The van der Waals surface area contributed by atoms with Gasteiger partial charge in [0.25, 0.3) is 5.91 Å². The molecule has 0 saturated carbocycles. The molecule has 1 aromatic carbocycles. The van der Waals surface area contributed by atoms with Gasteiger partial charge in [-0.3, -0.25) is 14.2 Å². The largest absolute Gasteiger partial charge is 0.466 e. The van der Waals surface area contributed by atoms with Gasteiger partial charge < -0.3 is 10.1 Å². The van der Waals surface area contributed by atoms with Crippen molar-refractivity contribution in [1.82, 2.24) is 14.9 Å². The number of nitrogens with one attached hydrogen (secondary N) is 1. The van der Waals surface area contributed by atoms with Gasteiger partial charge in [-0.2, -0.15) is 0 Å². The van der Waals surface area contributed by atoms with Crippen LogP contribution < -0.4 is 5.32 Å². The summed E-state index contributed by atoms with van der Waals surface area (Å²) in [5.74, 6) is -0.457. The van der Waals surface area contributed by atoms with Crippen LogP contribution in [0.3, 0.4) is 0 Å². The van der Waals surface area contributed by atoms with Crippen LogP contribution in [0.15, 0.2) is 41.7 Å². The summed E-state index contributed by atoms with van der Waals surface area (Å²) in [5.41, 5.74) is 1.36. The summed E-state index contributed by atoms with van der Waals surface area (Å²) in [4.78, 5) is 28.0. The Bertz CT molecular complexity index is 686. The first-order chi connectivity index (χ1) is 11.7. The second kappa shape index (κ2) is 9.12. The summed E-state index contributed by atoms with van der Waals surface area (Å²) in [6.07, 6.45) is 4.32. The molecule has 0 spiro atoms. The molecule has 128 valence electrons. The molecule has 0 bridgehead atoms. The number of hydrogen-bond donors (Lipinski definition) is 1. The number of aromatic nitrogens is 2. The van der Waals surface area contributed by atoms with Crippen molar-refractivity contribution in [2.24, 2.45) is 0 Å². The van der Waals surface area contributed by atoms with Crippen LogP contribution in [0, 0.1) is 0 Å². The van der Waals surface area contributed by atoms with Crippen molar-refractivity contribution >= 4 is 23.6 Å². The predicted molar refractivity (Wildman–Crippen MR) is 93.5 cm³/mol. The van der Waals surface area contributed by atoms with Crippen molar-refractivity contribution < 1.29 is 14.3 Å². The maximum absolute atomic E-state index is 12.4. The van der Waals surface area contributed by atoms with Crippen LogP contribution in [0.5, 0.6) is 0 Å². The van der Waals surface area contributed by atoms with Crippen LogP contribution in [0.2, 0.25) is 0 Å². The van der Waals surface area contributed by atoms with Crippen LogP contribution in [-0.4, -0.2) is 40.8 Å². The second-order valence-electron chi connectivity index (χ2n) is 4.97. The number of para-hydroxylation sites is 1. The Morgan fingerprint density at radius 1 is 1.29 bits per heavy atom. The average Bonchev–Trinajstić information content (AvgIpc) is 3.03. The fraction of sp³-hybridized carbons (Fsp3) is 0.353. The van der Waals surface area contributed by atoms with Gasteiger partial charge in [0.15, 0.2) is 5.16 Å². The van der Waals surface area contributed by atoms with E-state index >= 15 is 0 Å². The lowest BCUT2D eigenvalue weighted by Crippen LogP contribution is -2.27. The number of carbonyl (C=O) groups excluding carboxylic acids is 2. The van der Waals surface area contributed by atoms with Crippen molar-refractivity contribution in [3.8, 4) is 5.69 Å². The van der Waals surface area contributed by atoms with Crippen molar-refractivity contribution in [2.75, 3.05) is 19.4 Å². The highest BCUT2D eigenvalue weighted by Crippen LogP contribution is 2.21. The average molecular weight is 347 g/mol. The molecule has 1 amide bonds. The number of thioether (sulfide) groups is 1. The minimum atomic E-state index is -0.245. The number of esters is 1. The van der Waals surface area contributed by atoms with Gasteiger partial charge in [-0.1, -0.05) is 30.0 Å². The highest BCUT2D eigenvalue weighted by Gasteiger charge is 2.17. The van der Waals surface area contributed by atoms with Gasteiger partial charge in [0.05, 0.1) is 12.8 Å². The molecule has 2 aromatic rings. The van der Waals surface area contributed by atoms with E-state index in [9.17, 15) is 9.59 Å². The smallest absolute Gasteiger partial charge is 0.305 e. The summed E-state index contributed by atoms with van der Waals surface area (Å²) in [6, 6.07) is 9.62. The minimum absolute atomic E-state index is 0.212. The molecular formula is C17H21N3O3S. The zero-order valence-electron chi connectivity index (χ0n) is 13.8. The standard InChI is InChI=1S/C17H21N3O3S/c1-3-23-15(21)10-7-11-18-16(22)14-12-19-17(24-2)20(14)13-8-5-4-6-9-13/h4-6,8-9,12H,3,7,10-11H2,1-2H3,(H,18,22). The van der Waals surface area contributed by atoms with Gasteiger partial charge >= 0.3 is 5.97 Å². The second-order valence-corrected chi connectivity index (χ2v) is 5.74. The van der Waals surface area contributed by atoms with Gasteiger partial charge in [-0.15, -0.1) is 0 Å². The molecule has 0 unspecified atom stereocenters. The Balaban J connectivity index is 2.02. The van der Waals surface area contributed by atoms with Crippen LogP contribution in [-0.2, 0) is 9.53 Å². The molecule has 2 rings (SSSR count). The zero-order chi connectivity index (χ0) is 17.4. The fourth-order valence-corrected chi connectivity index (χ4v) is 2.77. The van der Waals surface area contributed by atoms with Crippen molar-refractivity contribution in [3.63, 3.8) is 0 Å². The molecule has 0 atom stereocenters. The minimum Gasteiger partial charge on any atom is -0.466 e. The highest BCUT2D eigenvalue weighted by atomic mass is 32.2. The number of benzene rings is 1. The summed E-state index contributed by atoms with van der Waals surface area (Å²) >= 11 is 1.48. The lowest BCUT2D eigenvalue weighted by Gasteiger charge is -2.11. The van der Waals surface area contributed by atoms with Crippen LogP contribution in [0.4, 0.5) is 0 Å². The van der Waals surface area contributed by atoms with Crippen molar-refractivity contribution in [3.05, 3.63) is 42.2 Å². The molecule has 7 heteroatoms. The van der Waals surface area contributed by atoms with Gasteiger partial charge in [-0.25, -0.2) is 4.98 Å². The number of hydrogen-bond acceptors (Lipinski definition) is 5. The third-order valence-corrected chi connectivity index (χ3v) is 3.96. The quantitative estimate of drug-likeness (QED) is 0.451. The number of nitrogens with zero attached hydrogens (tertiary/aromatic N) is 2. The van der Waals surface area contributed by atoms with Crippen LogP contribution in [0.25, 0.3) is 5.69 Å². The number of ether oxygens (including phenoxy) is 1. The first-order valence-electron chi connectivity index (χ1n) is 7.78. The van der Waals surface area contributed by atoms with E-state index in [2.05, 4.69) is 10.3 Å². The van der Waals surface area contributed by atoms with E-state index in [1.165, 1.54) is 11.8 Å². The Morgan fingerprint density at radius 2 is 2.04 bits per heavy atom. The molecule has 0 aliphatic heterocycles. The zero-order valence-corrected chi connectivity index (χ0v) is 14.6. The summed E-state index contributed by atoms with van der Waals surface area (Å²) in [7, 11) is 0. The monoisotopic (exact) mass is 347 g/mol. The molecule has 24 heavy (non-hydrogen) atoms. The molecule has 0 saturated heterocycles. The third-order valence-electron chi connectivity index (χ3n) is 3.31. The number of amides is 1. The number of carbonyl (C=O) groups is 2. The summed E-state index contributed by atoms with van der Waals surface area (Å²) in [5, 5.41) is 3.58. The maximum atomic E-state index is 12.4. The van der Waals surface area contributed by atoms with Gasteiger partial charge in [0.1, 0.15) is 5.69 Å². The van der Waals surface area contributed by atoms with Gasteiger partial charge in [-0.05, 0) is 31.7 Å². The van der Waals surface area contributed by atoms with E-state index < -0.39 is 0 Å². The van der Waals surface area contributed by atoms with E-state index in [4.69, 9.17) is 4.74 Å². The normalized spacial score (nSPS) is 10.4. The van der Waals surface area contributed by atoms with E-state index in [-0.39, 0.29) is 11.9 Å². The first kappa shape index (κ1) is 18.1. The molecule has 0 aliphatic rings. The predicted octanol–water partition coefficient (Wildman–Crippen LogP) is 2.67. The number of rotatable bonds is 8. The third kappa shape index (κ3) is 4.61. The first-order valence-corrected chi connectivity index (χ1v) is 9.00. The van der Waals surface area contributed by atoms with Gasteiger partial charge in [0, 0.05) is 18.7 Å². The molecule has 1 N–H and O–H groups in total. The fourth-order valence-electron chi connectivity index (χ4n) is 2.22. The van der Waals surface area contributed by atoms with E-state index in [1.54, 1.807) is 13.1 Å². The lowest BCUT2D eigenvalue weighted by atomic mass is 10.3. The highest BCUT2D eigenvalue weighted by molar-refractivity contribution is 7.98. The Morgan fingerprint density at radius 3 is 2.71 bits per heavy atom. The molecule has 0 radical (unpaired) electrons. The molecule has 1 heterocycles. The van der Waals surface area contributed by atoms with Crippen molar-refractivity contribution in [2.45, 2.75) is 24.9 Å². The lowest BCUT2D eigenvalue weighted by molar-refractivity contribution is -0.143. The molecule has 0 fully saturated rings. The number of imidazole rings is 1.